The predicted molar refractivity (Wildman–Crippen MR) is 130 cm³/mol. The van der Waals surface area contributed by atoms with Crippen molar-refractivity contribution in [2.24, 2.45) is 0 Å². The molecule has 170 valence electrons. The first-order valence-corrected chi connectivity index (χ1v) is 12.0. The maximum absolute atomic E-state index is 4.91. The Morgan fingerprint density at radius 1 is 0.970 bits per heavy atom. The van der Waals surface area contributed by atoms with Gasteiger partial charge >= 0.3 is 0 Å². The van der Waals surface area contributed by atoms with E-state index in [0.717, 1.165) is 60.5 Å². The maximum Gasteiger partial charge on any atom is 0.230 e. The lowest BCUT2D eigenvalue weighted by atomic mass is 10.2. The van der Waals surface area contributed by atoms with E-state index in [0.29, 0.717) is 17.8 Å². The Labute approximate surface area is 192 Å². The Morgan fingerprint density at radius 2 is 1.82 bits per heavy atom. The average molecular weight is 444 g/mol. The van der Waals surface area contributed by atoms with Crippen molar-refractivity contribution in [2.45, 2.75) is 38.6 Å². The molecule has 1 saturated heterocycles. The van der Waals surface area contributed by atoms with Crippen molar-refractivity contribution in [1.82, 2.24) is 34.6 Å². The van der Waals surface area contributed by atoms with E-state index in [1.54, 1.807) is 0 Å². The summed E-state index contributed by atoms with van der Waals surface area (Å²) in [7, 11) is 0. The van der Waals surface area contributed by atoms with Gasteiger partial charge in [-0.25, -0.2) is 4.98 Å². The summed E-state index contributed by atoms with van der Waals surface area (Å²) in [5, 5.41) is 14.3. The molecule has 0 spiro atoms. The zero-order valence-electron chi connectivity index (χ0n) is 19.0. The molecule has 5 heterocycles. The van der Waals surface area contributed by atoms with Gasteiger partial charge in [-0.05, 0) is 37.6 Å². The van der Waals surface area contributed by atoms with E-state index in [2.05, 4.69) is 52.8 Å². The molecular formula is C24H29N9. The molecule has 0 aromatic carbocycles. The van der Waals surface area contributed by atoms with Gasteiger partial charge in [0.2, 0.25) is 5.95 Å². The summed E-state index contributed by atoms with van der Waals surface area (Å²) in [6, 6.07) is 6.50. The molecule has 0 bridgehead atoms. The highest BCUT2D eigenvalue weighted by Gasteiger charge is 2.23. The van der Waals surface area contributed by atoms with Crippen LogP contribution in [0.5, 0.6) is 0 Å². The number of nitrogens with one attached hydrogen (secondary N) is 1. The summed E-state index contributed by atoms with van der Waals surface area (Å²) in [4.78, 5) is 18.6. The van der Waals surface area contributed by atoms with Gasteiger partial charge in [0.1, 0.15) is 5.65 Å². The number of rotatable bonds is 5. The molecule has 2 aliphatic rings. The molecule has 2 fully saturated rings. The number of hydrogen-bond donors (Lipinski definition) is 1. The van der Waals surface area contributed by atoms with Crippen LogP contribution in [0.1, 0.15) is 38.6 Å². The first-order chi connectivity index (χ1) is 16.3. The summed E-state index contributed by atoms with van der Waals surface area (Å²) in [6.45, 7) is 7.40. The quantitative estimate of drug-likeness (QED) is 0.499. The van der Waals surface area contributed by atoms with Gasteiger partial charge in [-0.3, -0.25) is 4.98 Å². The smallest absolute Gasteiger partial charge is 0.230 e. The van der Waals surface area contributed by atoms with E-state index in [9.17, 15) is 0 Å². The molecule has 0 radical (unpaired) electrons. The van der Waals surface area contributed by atoms with E-state index < -0.39 is 0 Å². The SMILES string of the molecule is CCN1CCN(c2ccc(Nc3ncc4c5ccncc5n(C5CCCC5)c4n3)nn2)CC1. The van der Waals surface area contributed by atoms with Crippen molar-refractivity contribution in [2.75, 3.05) is 42.9 Å². The number of anilines is 3. The van der Waals surface area contributed by atoms with Gasteiger partial charge in [0, 0.05) is 55.4 Å². The lowest BCUT2D eigenvalue weighted by Gasteiger charge is -2.34. The second-order valence-corrected chi connectivity index (χ2v) is 8.96. The largest absolute Gasteiger partial charge is 0.353 e. The van der Waals surface area contributed by atoms with Crippen LogP contribution >= 0.6 is 0 Å². The summed E-state index contributed by atoms with van der Waals surface area (Å²) in [5.74, 6) is 2.10. The third-order valence-corrected chi connectivity index (χ3v) is 7.07. The van der Waals surface area contributed by atoms with Crippen molar-refractivity contribution >= 4 is 39.5 Å². The molecule has 9 heteroatoms. The second-order valence-electron chi connectivity index (χ2n) is 8.96. The Kier molecular flexibility index (Phi) is 5.26. The molecule has 1 saturated carbocycles. The zero-order chi connectivity index (χ0) is 22.2. The van der Waals surface area contributed by atoms with Gasteiger partial charge in [0.05, 0.1) is 11.7 Å². The van der Waals surface area contributed by atoms with Crippen molar-refractivity contribution in [3.63, 3.8) is 0 Å². The molecule has 9 nitrogen and oxygen atoms in total. The number of aromatic nitrogens is 6. The van der Waals surface area contributed by atoms with Crippen LogP contribution in [0.25, 0.3) is 21.9 Å². The van der Waals surface area contributed by atoms with Crippen molar-refractivity contribution in [3.05, 3.63) is 36.8 Å². The summed E-state index contributed by atoms with van der Waals surface area (Å²) in [5.41, 5.74) is 2.10. The minimum Gasteiger partial charge on any atom is -0.353 e. The van der Waals surface area contributed by atoms with Gasteiger partial charge in [-0.15, -0.1) is 10.2 Å². The summed E-state index contributed by atoms with van der Waals surface area (Å²) in [6.07, 6.45) is 10.6. The van der Waals surface area contributed by atoms with Crippen molar-refractivity contribution in [1.29, 1.82) is 0 Å². The van der Waals surface area contributed by atoms with Gasteiger partial charge in [0.25, 0.3) is 0 Å². The molecule has 0 amide bonds. The lowest BCUT2D eigenvalue weighted by molar-refractivity contribution is 0.270. The van der Waals surface area contributed by atoms with Crippen LogP contribution in [-0.2, 0) is 0 Å². The zero-order valence-corrected chi connectivity index (χ0v) is 19.0. The minimum atomic E-state index is 0.462. The van der Waals surface area contributed by atoms with E-state index in [-0.39, 0.29) is 0 Å². The average Bonchev–Trinajstić information content (AvgIpc) is 3.50. The van der Waals surface area contributed by atoms with Crippen LogP contribution in [-0.4, -0.2) is 67.3 Å². The topological polar surface area (TPSA) is 87.9 Å². The first kappa shape index (κ1) is 20.3. The van der Waals surface area contributed by atoms with Crippen molar-refractivity contribution in [3.8, 4) is 0 Å². The van der Waals surface area contributed by atoms with E-state index in [4.69, 9.17) is 4.98 Å². The third-order valence-electron chi connectivity index (χ3n) is 7.07. The number of hydrogen-bond acceptors (Lipinski definition) is 8. The molecule has 0 atom stereocenters. The Morgan fingerprint density at radius 3 is 2.58 bits per heavy atom. The van der Waals surface area contributed by atoms with Crippen LogP contribution in [0.15, 0.2) is 36.8 Å². The molecule has 4 aromatic heterocycles. The van der Waals surface area contributed by atoms with E-state index in [1.807, 2.05) is 30.7 Å². The highest BCUT2D eigenvalue weighted by atomic mass is 15.3. The number of nitrogens with zero attached hydrogens (tertiary/aromatic N) is 8. The Hall–Kier alpha value is -3.33. The molecule has 4 aromatic rings. The van der Waals surface area contributed by atoms with Crippen LogP contribution in [0.2, 0.25) is 0 Å². The van der Waals surface area contributed by atoms with Crippen LogP contribution in [0.4, 0.5) is 17.6 Å². The number of likely N-dealkylation sites (N-methyl/N-ethyl adjacent to an activating group) is 1. The van der Waals surface area contributed by atoms with Crippen molar-refractivity contribution < 1.29 is 0 Å². The highest BCUT2D eigenvalue weighted by Crippen LogP contribution is 2.37. The normalized spacial score (nSPS) is 17.9. The fourth-order valence-electron chi connectivity index (χ4n) is 5.23. The van der Waals surface area contributed by atoms with Crippen LogP contribution in [0.3, 0.4) is 0 Å². The number of pyridine rings is 1. The summed E-state index contributed by atoms with van der Waals surface area (Å²) < 4.78 is 2.36. The molecule has 33 heavy (non-hydrogen) atoms. The first-order valence-electron chi connectivity index (χ1n) is 12.0. The van der Waals surface area contributed by atoms with Crippen LogP contribution in [0, 0.1) is 0 Å². The summed E-state index contributed by atoms with van der Waals surface area (Å²) >= 11 is 0. The van der Waals surface area contributed by atoms with E-state index >= 15 is 0 Å². The van der Waals surface area contributed by atoms with Gasteiger partial charge in [0.15, 0.2) is 11.6 Å². The fraction of sp³-hybridized carbons (Fsp3) is 0.458. The molecule has 1 aliphatic heterocycles. The highest BCUT2D eigenvalue weighted by molar-refractivity contribution is 6.06. The standard InChI is InChI=1S/C24H29N9/c1-2-31-11-13-32(14-12-31)22-8-7-21(29-30-22)27-24-26-15-19-18-9-10-25-16-20(18)33(23(19)28-24)17-5-3-4-6-17/h7-10,15-17H,2-6,11-14H2,1H3,(H,26,27,28,29). The maximum atomic E-state index is 4.91. The third kappa shape index (κ3) is 3.76. The van der Waals surface area contributed by atoms with Gasteiger partial charge < -0.3 is 19.7 Å². The molecular weight excluding hydrogens is 414 g/mol. The number of piperazine rings is 1. The molecule has 1 N–H and O–H groups in total. The molecule has 6 rings (SSSR count). The fourth-order valence-corrected chi connectivity index (χ4v) is 5.23. The minimum absolute atomic E-state index is 0.462. The lowest BCUT2D eigenvalue weighted by Crippen LogP contribution is -2.46. The number of fused-ring (bicyclic) bond motifs is 3. The van der Waals surface area contributed by atoms with E-state index in [1.165, 1.54) is 25.7 Å². The molecule has 1 aliphatic carbocycles. The Bertz CT molecular complexity index is 1250. The predicted octanol–water partition coefficient (Wildman–Crippen LogP) is 3.77. The van der Waals surface area contributed by atoms with Gasteiger partial charge in [-0.2, -0.15) is 4.98 Å². The molecule has 0 unspecified atom stereocenters. The monoisotopic (exact) mass is 443 g/mol. The second kappa shape index (κ2) is 8.55. The van der Waals surface area contributed by atoms with Gasteiger partial charge in [-0.1, -0.05) is 19.8 Å². The van der Waals surface area contributed by atoms with Crippen LogP contribution < -0.4 is 10.2 Å². The Balaban J connectivity index is 1.27.